The summed E-state index contributed by atoms with van der Waals surface area (Å²) in [6.07, 6.45) is -3.82. The van der Waals surface area contributed by atoms with Gasteiger partial charge in [-0.15, -0.1) is 0 Å². The van der Waals surface area contributed by atoms with Crippen LogP contribution in [0.15, 0.2) is 58.0 Å². The van der Waals surface area contributed by atoms with Gasteiger partial charge in [-0.25, -0.2) is 15.6 Å². The lowest BCUT2D eigenvalue weighted by Crippen LogP contribution is -2.39. The number of nitrogens with one attached hydrogen (secondary N) is 3. The minimum Gasteiger partial charge on any atom is -0.475 e. The highest BCUT2D eigenvalue weighted by Crippen LogP contribution is 2.21. The second kappa shape index (κ2) is 16.0. The number of carbonyl (C=O) groups excluding carboxylic acids is 3. The zero-order chi connectivity index (χ0) is 28.7. The Kier molecular flexibility index (Phi) is 13.5. The number of alkyl halides is 3. The molecule has 0 bridgehead atoms. The van der Waals surface area contributed by atoms with Gasteiger partial charge >= 0.3 is 18.1 Å². The molecule has 15 heteroatoms. The Morgan fingerprint density at radius 1 is 1.16 bits per heavy atom. The molecule has 2 rings (SSSR count). The topological polar surface area (TPSA) is 172 Å². The van der Waals surface area contributed by atoms with E-state index in [9.17, 15) is 27.6 Å². The average Bonchev–Trinajstić information content (AvgIpc) is 2.85. The molecule has 0 radical (unpaired) electrons. The van der Waals surface area contributed by atoms with E-state index in [1.165, 1.54) is 6.34 Å². The first-order chi connectivity index (χ1) is 17.9. The summed E-state index contributed by atoms with van der Waals surface area (Å²) in [5, 5.41) is 12.5. The second-order valence-electron chi connectivity index (χ2n) is 7.15. The lowest BCUT2D eigenvalue weighted by molar-refractivity contribution is -0.192. The molecule has 2 amide bonds. The Hall–Kier alpha value is -3.98. The third-order valence-corrected chi connectivity index (χ3v) is 4.80. The standard InChI is InChI=1S/C21H24BrN5O4.C2HF3O2/c1-2-31-20(29)11-18(14-5-3-7-16(22)9-14)27-19(28)12-24-21(30)15-6-4-8-17(10-15)25-13-26-23;3-2(4,5)1(6)7/h3-10,13,18H,2,11-12,23H2,1H3,(H,24,30)(H,25,26)(H,27,28);(H,6,7). The number of esters is 1. The number of carboxylic acid groups (broad SMARTS) is 1. The Labute approximate surface area is 223 Å². The summed E-state index contributed by atoms with van der Waals surface area (Å²) < 4.78 is 37.6. The van der Waals surface area contributed by atoms with E-state index in [1.54, 1.807) is 43.3 Å². The fraction of sp³-hybridized carbons (Fsp3) is 0.261. The van der Waals surface area contributed by atoms with Crippen LogP contribution in [0.2, 0.25) is 0 Å². The zero-order valence-electron chi connectivity index (χ0n) is 19.9. The summed E-state index contributed by atoms with van der Waals surface area (Å²) in [5.41, 5.74) is 3.89. The van der Waals surface area contributed by atoms with Crippen molar-refractivity contribution in [3.63, 3.8) is 0 Å². The number of halogens is 4. The number of nitrogens with zero attached hydrogens (tertiary/aromatic N) is 1. The molecule has 0 fully saturated rings. The van der Waals surface area contributed by atoms with Gasteiger partial charge in [0.25, 0.3) is 5.91 Å². The Morgan fingerprint density at radius 2 is 1.82 bits per heavy atom. The maximum atomic E-state index is 12.5. The monoisotopic (exact) mass is 603 g/mol. The fourth-order valence-electron chi connectivity index (χ4n) is 2.71. The van der Waals surface area contributed by atoms with E-state index < -0.39 is 36.0 Å². The molecule has 0 aliphatic carbocycles. The maximum absolute atomic E-state index is 12.5. The summed E-state index contributed by atoms with van der Waals surface area (Å²) in [6, 6.07) is 13.2. The molecule has 0 heterocycles. The third-order valence-electron chi connectivity index (χ3n) is 4.31. The molecular weight excluding hydrogens is 579 g/mol. The molecule has 0 aliphatic rings. The number of amides is 2. The van der Waals surface area contributed by atoms with Crippen molar-refractivity contribution in [1.82, 2.24) is 16.1 Å². The fourth-order valence-corrected chi connectivity index (χ4v) is 3.13. The number of hydrogen-bond donors (Lipinski definition) is 5. The predicted octanol–water partition coefficient (Wildman–Crippen LogP) is 2.75. The molecule has 0 saturated carbocycles. The molecule has 1 atom stereocenters. The van der Waals surface area contributed by atoms with E-state index in [1.807, 2.05) is 12.1 Å². The van der Waals surface area contributed by atoms with E-state index in [-0.39, 0.29) is 19.6 Å². The largest absolute Gasteiger partial charge is 0.490 e. The molecule has 6 N–H and O–H groups in total. The van der Waals surface area contributed by atoms with Crippen molar-refractivity contribution >= 4 is 51.7 Å². The normalized spacial score (nSPS) is 11.5. The lowest BCUT2D eigenvalue weighted by Gasteiger charge is -2.19. The number of hydrogen-bond acceptors (Lipinski definition) is 7. The van der Waals surface area contributed by atoms with Crippen molar-refractivity contribution in [2.45, 2.75) is 25.6 Å². The third kappa shape index (κ3) is 12.3. The smallest absolute Gasteiger partial charge is 0.475 e. The lowest BCUT2D eigenvalue weighted by atomic mass is 10.0. The van der Waals surface area contributed by atoms with Gasteiger partial charge in [0.05, 0.1) is 31.3 Å². The number of carbonyl (C=O) groups is 4. The molecule has 0 spiro atoms. The van der Waals surface area contributed by atoms with Gasteiger partial charge in [0, 0.05) is 10.0 Å². The molecule has 0 aromatic heterocycles. The minimum absolute atomic E-state index is 0.0286. The molecule has 0 aliphatic heterocycles. The minimum atomic E-state index is -5.08. The first-order valence-electron chi connectivity index (χ1n) is 10.7. The number of rotatable bonds is 10. The van der Waals surface area contributed by atoms with Crippen LogP contribution in [0, 0.1) is 0 Å². The number of hydrazine groups is 1. The number of aliphatic carboxylic acids is 1. The number of nitrogens with two attached hydrogens (primary N) is 1. The molecule has 1 unspecified atom stereocenters. The molecule has 206 valence electrons. The van der Waals surface area contributed by atoms with Crippen LogP contribution < -0.4 is 21.9 Å². The van der Waals surface area contributed by atoms with Gasteiger partial charge in [-0.05, 0) is 42.8 Å². The quantitative estimate of drug-likeness (QED) is 0.0906. The van der Waals surface area contributed by atoms with Crippen LogP contribution in [0.1, 0.15) is 35.3 Å². The van der Waals surface area contributed by atoms with Gasteiger partial charge in [-0.2, -0.15) is 13.2 Å². The van der Waals surface area contributed by atoms with Crippen LogP contribution in [-0.2, 0) is 19.1 Å². The van der Waals surface area contributed by atoms with Crippen molar-refractivity contribution < 1.29 is 42.2 Å². The predicted molar refractivity (Wildman–Crippen MR) is 134 cm³/mol. The Balaban J connectivity index is 0.000000905. The highest BCUT2D eigenvalue weighted by Gasteiger charge is 2.38. The van der Waals surface area contributed by atoms with E-state index >= 15 is 0 Å². The summed E-state index contributed by atoms with van der Waals surface area (Å²) in [5.74, 6) is 1.08. The first-order valence-corrected chi connectivity index (χ1v) is 11.5. The number of benzene rings is 2. The zero-order valence-corrected chi connectivity index (χ0v) is 21.5. The molecule has 11 nitrogen and oxygen atoms in total. The van der Waals surface area contributed by atoms with Crippen molar-refractivity contribution in [1.29, 1.82) is 0 Å². The van der Waals surface area contributed by atoms with Gasteiger partial charge in [0.2, 0.25) is 5.91 Å². The van der Waals surface area contributed by atoms with Crippen molar-refractivity contribution in [3.8, 4) is 0 Å². The first kappa shape index (κ1) is 32.0. The van der Waals surface area contributed by atoms with Crippen LogP contribution in [0.25, 0.3) is 0 Å². The highest BCUT2D eigenvalue weighted by atomic mass is 79.9. The van der Waals surface area contributed by atoms with Crippen molar-refractivity contribution in [2.75, 3.05) is 13.2 Å². The molecule has 2 aromatic rings. The summed E-state index contributed by atoms with van der Waals surface area (Å²) in [4.78, 5) is 49.7. The molecule has 38 heavy (non-hydrogen) atoms. The van der Waals surface area contributed by atoms with Crippen molar-refractivity contribution in [3.05, 3.63) is 64.1 Å². The number of carboxylic acids is 1. The molecule has 0 saturated heterocycles. The molecule has 2 aromatic carbocycles. The van der Waals surface area contributed by atoms with E-state index in [0.717, 1.165) is 10.0 Å². The number of ether oxygens (including phenoxy) is 1. The van der Waals surface area contributed by atoms with Gasteiger partial charge < -0.3 is 25.9 Å². The van der Waals surface area contributed by atoms with Crippen LogP contribution in [0.5, 0.6) is 0 Å². The van der Waals surface area contributed by atoms with Gasteiger partial charge in [0.1, 0.15) is 6.34 Å². The maximum Gasteiger partial charge on any atom is 0.490 e. The van der Waals surface area contributed by atoms with Crippen LogP contribution >= 0.6 is 15.9 Å². The Morgan fingerprint density at radius 3 is 2.39 bits per heavy atom. The van der Waals surface area contributed by atoms with Crippen molar-refractivity contribution in [2.24, 2.45) is 10.8 Å². The highest BCUT2D eigenvalue weighted by molar-refractivity contribution is 9.10. The van der Waals surface area contributed by atoms with E-state index in [2.05, 4.69) is 37.0 Å². The van der Waals surface area contributed by atoms with E-state index in [0.29, 0.717) is 11.3 Å². The van der Waals surface area contributed by atoms with Crippen LogP contribution in [0.3, 0.4) is 0 Å². The molecular formula is C23H25BrF3N5O6. The van der Waals surface area contributed by atoms with E-state index in [4.69, 9.17) is 20.5 Å². The van der Waals surface area contributed by atoms with Crippen LogP contribution in [0.4, 0.5) is 18.9 Å². The van der Waals surface area contributed by atoms with Gasteiger partial charge in [-0.3, -0.25) is 14.4 Å². The second-order valence-corrected chi connectivity index (χ2v) is 8.06. The summed E-state index contributed by atoms with van der Waals surface area (Å²) in [7, 11) is 0. The van der Waals surface area contributed by atoms with Gasteiger partial charge in [-0.1, -0.05) is 34.1 Å². The SMILES string of the molecule is CCOC(=O)CC(NC(=O)CNC(=O)c1cccc(N=CNN)c1)c1cccc(Br)c1.O=C(O)C(F)(F)F. The Bertz CT molecular complexity index is 1150. The summed E-state index contributed by atoms with van der Waals surface area (Å²) in [6.45, 7) is 1.70. The van der Waals surface area contributed by atoms with Gasteiger partial charge in [0.15, 0.2) is 0 Å². The van der Waals surface area contributed by atoms with Crippen LogP contribution in [-0.4, -0.2) is 54.5 Å². The number of aliphatic imine (C=N–C) groups is 1. The summed E-state index contributed by atoms with van der Waals surface area (Å²) >= 11 is 3.38. The average molecular weight is 604 g/mol.